The van der Waals surface area contributed by atoms with Gasteiger partial charge in [-0.15, -0.1) is 0 Å². The highest BCUT2D eigenvalue weighted by Crippen LogP contribution is 2.60. The van der Waals surface area contributed by atoms with E-state index in [1.807, 2.05) is 80.7 Å². The van der Waals surface area contributed by atoms with Crippen LogP contribution in [0.1, 0.15) is 60.1 Å². The maximum Gasteiger partial charge on any atom is 0.488 e. The summed E-state index contributed by atoms with van der Waals surface area (Å²) >= 11 is 0. The number of rotatable bonds is 22. The Labute approximate surface area is 460 Å². The molecule has 0 fully saturated rings. The van der Waals surface area contributed by atoms with Crippen molar-refractivity contribution in [2.75, 3.05) is 65.9 Å². The van der Waals surface area contributed by atoms with E-state index in [1.54, 1.807) is 38.1 Å². The molecular formula is C62H72B2N6O7P+. The number of carbonyl (C=O) groups is 2. The third-order valence-corrected chi connectivity index (χ3v) is 17.4. The van der Waals surface area contributed by atoms with Crippen LogP contribution in [-0.2, 0) is 40.3 Å². The van der Waals surface area contributed by atoms with Crippen LogP contribution in [0.15, 0.2) is 163 Å². The summed E-state index contributed by atoms with van der Waals surface area (Å²) in [5.74, 6) is -0.421. The Morgan fingerprint density at radius 3 is 1.64 bits per heavy atom. The van der Waals surface area contributed by atoms with Gasteiger partial charge in [-0.25, -0.2) is 4.58 Å². The lowest BCUT2D eigenvalue weighted by atomic mass is 9.77. The molecule has 0 saturated heterocycles. The Bertz CT molecular complexity index is 3510. The van der Waals surface area contributed by atoms with Gasteiger partial charge in [0.2, 0.25) is 11.8 Å². The predicted octanol–water partition coefficient (Wildman–Crippen LogP) is 6.19. The van der Waals surface area contributed by atoms with Crippen LogP contribution < -0.4 is 31.8 Å². The molecule has 6 N–H and O–H groups in total. The molecule has 0 bridgehead atoms. The number of allylic oxidation sites excluding steroid dienone is 5. The van der Waals surface area contributed by atoms with Crippen LogP contribution >= 0.6 is 7.14 Å². The summed E-state index contributed by atoms with van der Waals surface area (Å²) < 4.78 is 17.5. The van der Waals surface area contributed by atoms with Crippen molar-refractivity contribution >= 4 is 87.9 Å². The highest BCUT2D eigenvalue weighted by atomic mass is 31.2. The lowest BCUT2D eigenvalue weighted by Crippen LogP contribution is -2.36. The van der Waals surface area contributed by atoms with Crippen molar-refractivity contribution in [3.05, 3.63) is 196 Å². The molecule has 1 atom stereocenters. The molecule has 1 aliphatic carbocycles. The molecule has 0 saturated carbocycles. The number of amides is 2. The van der Waals surface area contributed by atoms with Crippen LogP contribution in [0.25, 0.3) is 27.1 Å². The molecule has 8 rings (SSSR count). The van der Waals surface area contributed by atoms with Crippen LogP contribution in [0.3, 0.4) is 0 Å². The first kappa shape index (κ1) is 57.3. The zero-order valence-electron chi connectivity index (χ0n) is 46.0. The van der Waals surface area contributed by atoms with Crippen LogP contribution in [0.4, 0.5) is 5.69 Å². The Hall–Kier alpha value is -6.93. The molecule has 1 aliphatic heterocycles. The van der Waals surface area contributed by atoms with Gasteiger partial charge in [-0.3, -0.25) is 19.4 Å². The van der Waals surface area contributed by atoms with Crippen molar-refractivity contribution in [1.82, 2.24) is 20.4 Å². The Balaban J connectivity index is 1.37. The van der Waals surface area contributed by atoms with Crippen LogP contribution in [0.5, 0.6) is 0 Å². The van der Waals surface area contributed by atoms with Gasteiger partial charge in [0.1, 0.15) is 21.2 Å². The Morgan fingerprint density at radius 2 is 1.14 bits per heavy atom. The van der Waals surface area contributed by atoms with E-state index in [9.17, 15) is 29.7 Å². The number of benzene rings is 6. The van der Waals surface area contributed by atoms with Crippen molar-refractivity contribution in [2.45, 2.75) is 52.9 Å². The number of hydrogen-bond acceptors (Lipinski definition) is 10. The first-order valence-electron chi connectivity index (χ1n) is 26.5. The smallest absolute Gasteiger partial charge is 0.423 e. The summed E-state index contributed by atoms with van der Waals surface area (Å²) in [4.78, 5) is 31.9. The molecule has 402 valence electrons. The number of nitrogens with one attached hydrogen (secondary N) is 2. The number of anilines is 1. The van der Waals surface area contributed by atoms with E-state index in [0.29, 0.717) is 87.3 Å². The van der Waals surface area contributed by atoms with Crippen LogP contribution in [-0.4, -0.2) is 127 Å². The maximum absolute atomic E-state index is 15.5. The van der Waals surface area contributed by atoms with Crippen molar-refractivity contribution in [1.29, 1.82) is 0 Å². The maximum atomic E-state index is 15.5. The fourth-order valence-corrected chi connectivity index (χ4v) is 13.0. The number of carbonyl (C=O) groups excluding carboxylic acids is 2. The van der Waals surface area contributed by atoms with Gasteiger partial charge >= 0.3 is 14.2 Å². The first-order valence-corrected chi connectivity index (χ1v) is 28.7. The molecule has 0 aromatic heterocycles. The van der Waals surface area contributed by atoms with E-state index >= 15 is 4.57 Å². The van der Waals surface area contributed by atoms with Gasteiger partial charge in [-0.05, 0) is 135 Å². The summed E-state index contributed by atoms with van der Waals surface area (Å²) in [7, 11) is 1.47. The molecule has 2 amide bonds. The van der Waals surface area contributed by atoms with Crippen molar-refractivity contribution in [3.63, 3.8) is 0 Å². The summed E-state index contributed by atoms with van der Waals surface area (Å²) in [5, 5.41) is 53.9. The SMILES string of the molecule is C=C(C)C(=O)NCCCN(Cc1ccccc1B(O)O)Cc1c2ccccc2c(CN(CCCNC(=O)C(=C)C)Cc2ccccc2B(O)O)c2cc(C3=C4C=CC(=[N+](C)C)C=C4P(C)(=O)c4cc(N(C)C)ccc43)ccc12. The molecule has 6 aromatic carbocycles. The average Bonchev–Trinajstić information content (AvgIpc) is 3.53. The van der Waals surface area contributed by atoms with Gasteiger partial charge in [0.25, 0.3) is 0 Å². The molecule has 0 radical (unpaired) electrons. The van der Waals surface area contributed by atoms with Gasteiger partial charge < -0.3 is 40.2 Å². The van der Waals surface area contributed by atoms with E-state index < -0.39 is 21.4 Å². The fourth-order valence-electron chi connectivity index (χ4n) is 10.7. The van der Waals surface area contributed by atoms with Gasteiger partial charge in [-0.1, -0.05) is 104 Å². The molecule has 1 unspecified atom stereocenters. The first-order chi connectivity index (χ1) is 37.2. The largest absolute Gasteiger partial charge is 0.488 e. The Kier molecular flexibility index (Phi) is 18.2. The van der Waals surface area contributed by atoms with E-state index in [-0.39, 0.29) is 11.8 Å². The highest BCUT2D eigenvalue weighted by molar-refractivity contribution is 7.75. The quantitative estimate of drug-likeness (QED) is 0.0115. The minimum atomic E-state index is -3.13. The number of nitrogens with zero attached hydrogens (tertiary/aromatic N) is 4. The molecule has 78 heavy (non-hydrogen) atoms. The molecule has 0 spiro atoms. The topological polar surface area (TPSA) is 169 Å². The third-order valence-electron chi connectivity index (χ3n) is 14.9. The monoisotopic (exact) mass is 1070 g/mol. The third kappa shape index (κ3) is 12.6. The van der Waals surface area contributed by atoms with Crippen LogP contribution in [0.2, 0.25) is 0 Å². The molecule has 13 nitrogen and oxygen atoms in total. The number of fused-ring (bicyclic) bond motifs is 4. The second-order valence-electron chi connectivity index (χ2n) is 21.1. The summed E-state index contributed by atoms with van der Waals surface area (Å²) in [6.45, 7) is 16.4. The lowest BCUT2D eigenvalue weighted by Gasteiger charge is -2.32. The standard InChI is InChI=1S/C62H71B2N6O7P/c1-41(2)61(71)65-30-16-32-69(37-44-18-10-14-22-56(44)63(73)74)39-54-48-20-12-13-21-49(48)55(40-70(33-17-31-66-62(72)42(3)4)38-45-19-11-15-23-57(45)64(75)76)53-34-43(24-27-50(53)54)60-51-28-25-46(67(5)6)35-58(51)78(9,77)59-36-47(68(7)8)26-29-52(59)60/h10-15,18-29,34-36,73-76H,1,3,16-17,30-33,37-40H2,2,4-9H3,(H-,65,66,71,72)/p+1. The fraction of sp³-hybridized carbons (Fsp3) is 0.274. The minimum absolute atomic E-state index is 0.209. The second-order valence-corrected chi connectivity index (χ2v) is 23.9. The highest BCUT2D eigenvalue weighted by Gasteiger charge is 2.39. The van der Waals surface area contributed by atoms with Gasteiger partial charge in [0.15, 0.2) is 5.71 Å². The van der Waals surface area contributed by atoms with Gasteiger partial charge in [0, 0.05) is 106 Å². The predicted molar refractivity (Wildman–Crippen MR) is 321 cm³/mol. The van der Waals surface area contributed by atoms with Gasteiger partial charge in [0.05, 0.1) is 0 Å². The average molecular weight is 1070 g/mol. The normalized spacial score (nSPS) is 14.8. The zero-order valence-corrected chi connectivity index (χ0v) is 46.9. The van der Waals surface area contributed by atoms with Crippen molar-refractivity contribution in [3.8, 4) is 0 Å². The summed E-state index contributed by atoms with van der Waals surface area (Å²) in [6, 6.07) is 36.0. The number of hydrogen-bond donors (Lipinski definition) is 6. The summed E-state index contributed by atoms with van der Waals surface area (Å²) in [6.07, 6.45) is 7.47. The molecule has 1 heterocycles. The van der Waals surface area contributed by atoms with E-state index in [4.69, 9.17) is 0 Å². The lowest BCUT2D eigenvalue weighted by molar-refractivity contribution is -0.462. The van der Waals surface area contributed by atoms with E-state index in [0.717, 1.165) is 88.1 Å². The van der Waals surface area contributed by atoms with Crippen LogP contribution in [0, 0.1) is 0 Å². The van der Waals surface area contributed by atoms with Crippen molar-refractivity contribution in [2.24, 2.45) is 0 Å². The summed E-state index contributed by atoms with van der Waals surface area (Å²) in [5.41, 5.74) is 11.0. The Morgan fingerprint density at radius 1 is 0.641 bits per heavy atom. The molecule has 16 heteroatoms. The minimum Gasteiger partial charge on any atom is -0.423 e. The van der Waals surface area contributed by atoms with Crippen molar-refractivity contribution < 1.29 is 38.8 Å². The molecule has 6 aromatic rings. The zero-order chi connectivity index (χ0) is 56.0. The molecular weight excluding hydrogens is 993 g/mol. The van der Waals surface area contributed by atoms with E-state index in [1.165, 1.54) is 0 Å². The van der Waals surface area contributed by atoms with E-state index in [2.05, 4.69) is 100 Å². The molecule has 2 aliphatic rings. The van der Waals surface area contributed by atoms with Gasteiger partial charge in [-0.2, -0.15) is 0 Å². The second kappa shape index (κ2) is 24.8.